The Morgan fingerprint density at radius 3 is 2.52 bits per heavy atom. The Morgan fingerprint density at radius 1 is 1.24 bits per heavy atom. The fourth-order valence-electron chi connectivity index (χ4n) is 2.31. The van der Waals surface area contributed by atoms with Gasteiger partial charge in [0, 0.05) is 0 Å². The zero-order chi connectivity index (χ0) is 15.0. The molecule has 0 bridgehead atoms. The fraction of sp³-hybridized carbons (Fsp3) is 0.312. The molecule has 1 unspecified atom stereocenters. The molecule has 106 valence electrons. The molecule has 21 heavy (non-hydrogen) atoms. The Hall–Kier alpha value is -1.61. The smallest absolute Gasteiger partial charge is 0.402 e. The van der Waals surface area contributed by atoms with Crippen LogP contribution in [-0.2, 0) is 9.31 Å². The van der Waals surface area contributed by atoms with E-state index in [4.69, 9.17) is 14.6 Å². The molecule has 0 amide bonds. The lowest BCUT2D eigenvalue weighted by atomic mass is 9.79. The van der Waals surface area contributed by atoms with E-state index in [-0.39, 0.29) is 18.8 Å². The summed E-state index contributed by atoms with van der Waals surface area (Å²) in [7, 11) is -0.317. The van der Waals surface area contributed by atoms with Gasteiger partial charge in [-0.1, -0.05) is 24.3 Å². The molecule has 0 aliphatic carbocycles. The Kier molecular flexibility index (Phi) is 3.62. The van der Waals surface area contributed by atoms with E-state index in [2.05, 4.69) is 6.07 Å². The van der Waals surface area contributed by atoms with E-state index in [1.165, 1.54) is 0 Å². The van der Waals surface area contributed by atoms with E-state index in [1.807, 2.05) is 56.5 Å². The van der Waals surface area contributed by atoms with Crippen LogP contribution in [0.4, 0.5) is 0 Å². The van der Waals surface area contributed by atoms with Gasteiger partial charge >= 0.3 is 7.12 Å². The minimum Gasteiger partial charge on any atom is -0.402 e. The molecule has 3 nitrogen and oxygen atoms in total. The van der Waals surface area contributed by atoms with E-state index in [0.29, 0.717) is 0 Å². The summed E-state index contributed by atoms with van der Waals surface area (Å²) in [4.78, 5) is 1.01. The van der Waals surface area contributed by atoms with Crippen LogP contribution in [0.5, 0.6) is 0 Å². The average molecular weight is 297 g/mol. The van der Waals surface area contributed by atoms with Gasteiger partial charge in [-0.25, -0.2) is 0 Å². The van der Waals surface area contributed by atoms with Gasteiger partial charge in [-0.05, 0) is 43.2 Å². The van der Waals surface area contributed by atoms with Crippen molar-refractivity contribution in [1.29, 1.82) is 5.26 Å². The lowest BCUT2D eigenvalue weighted by molar-refractivity contribution is 0.0842. The molecule has 1 aliphatic rings. The molecule has 0 radical (unpaired) electrons. The molecule has 1 aromatic heterocycles. The van der Waals surface area contributed by atoms with Crippen LogP contribution in [0.1, 0.15) is 26.3 Å². The van der Waals surface area contributed by atoms with Gasteiger partial charge in [0.25, 0.3) is 0 Å². The summed E-state index contributed by atoms with van der Waals surface area (Å²) in [5.41, 5.74) is 2.50. The summed E-state index contributed by atoms with van der Waals surface area (Å²) in [6.07, 6.45) is 0.0599. The Balaban J connectivity index is 1.84. The number of benzene rings is 1. The molecule has 1 fully saturated rings. The van der Waals surface area contributed by atoms with E-state index >= 15 is 0 Å². The molecule has 1 atom stereocenters. The first-order chi connectivity index (χ1) is 10.0. The minimum atomic E-state index is -0.317. The molecule has 1 aliphatic heterocycles. The molecule has 5 heteroatoms. The molecule has 2 aromatic rings. The Labute approximate surface area is 129 Å². The fourth-order valence-corrected chi connectivity index (χ4v) is 3.16. The first-order valence-electron chi connectivity index (χ1n) is 6.92. The highest BCUT2D eigenvalue weighted by atomic mass is 32.1. The number of hydrogen-bond acceptors (Lipinski definition) is 4. The summed E-state index contributed by atoms with van der Waals surface area (Å²) in [6, 6.07) is 12.1. The van der Waals surface area contributed by atoms with Gasteiger partial charge in [0.15, 0.2) is 0 Å². The Bertz CT molecular complexity index is 687. The quantitative estimate of drug-likeness (QED) is 0.799. The first kappa shape index (κ1) is 14.3. The number of rotatable bonds is 2. The van der Waals surface area contributed by atoms with Crippen LogP contribution >= 0.6 is 11.3 Å². The second-order valence-electron chi connectivity index (χ2n) is 5.73. The van der Waals surface area contributed by atoms with Crippen LogP contribution in [0, 0.1) is 11.3 Å². The van der Waals surface area contributed by atoms with Crippen molar-refractivity contribution >= 4 is 23.9 Å². The standard InChI is InChI=1S/C16H16BNO2S/c1-11-16(2,3)20-17(19-11)14-6-4-12(5-7-14)15-13(10-18)8-9-21-15/h4-9,11H,1-3H3. The SMILES string of the molecule is CC1OB(c2ccc(-c3sccc3C#N)cc2)OC1(C)C. The molecule has 1 aromatic carbocycles. The van der Waals surface area contributed by atoms with Crippen LogP contribution in [0.25, 0.3) is 10.4 Å². The van der Waals surface area contributed by atoms with Crippen LogP contribution in [0.15, 0.2) is 35.7 Å². The molecule has 0 saturated carbocycles. The monoisotopic (exact) mass is 297 g/mol. The van der Waals surface area contributed by atoms with Crippen molar-refractivity contribution in [3.8, 4) is 16.5 Å². The van der Waals surface area contributed by atoms with Crippen molar-refractivity contribution in [2.75, 3.05) is 0 Å². The third-order valence-corrected chi connectivity index (χ3v) is 4.91. The Morgan fingerprint density at radius 2 is 1.95 bits per heavy atom. The second-order valence-corrected chi connectivity index (χ2v) is 6.64. The number of nitrogens with zero attached hydrogens (tertiary/aromatic N) is 1. The predicted molar refractivity (Wildman–Crippen MR) is 85.6 cm³/mol. The second kappa shape index (κ2) is 5.30. The molecule has 1 saturated heterocycles. The molecular weight excluding hydrogens is 281 g/mol. The van der Waals surface area contributed by atoms with Crippen LogP contribution < -0.4 is 5.46 Å². The highest BCUT2D eigenvalue weighted by molar-refractivity contribution is 7.13. The summed E-state index contributed by atoms with van der Waals surface area (Å²) < 4.78 is 11.8. The van der Waals surface area contributed by atoms with Crippen molar-refractivity contribution in [2.45, 2.75) is 32.5 Å². The lowest BCUT2D eigenvalue weighted by Crippen LogP contribution is -2.34. The number of nitriles is 1. The molecule has 2 heterocycles. The van der Waals surface area contributed by atoms with Gasteiger partial charge < -0.3 is 9.31 Å². The summed E-state index contributed by atoms with van der Waals surface area (Å²) in [6.45, 7) is 6.10. The largest absolute Gasteiger partial charge is 0.494 e. The van der Waals surface area contributed by atoms with Crippen molar-refractivity contribution in [3.63, 3.8) is 0 Å². The summed E-state index contributed by atoms with van der Waals surface area (Å²) in [5.74, 6) is 0. The maximum Gasteiger partial charge on any atom is 0.494 e. The third kappa shape index (κ3) is 2.63. The van der Waals surface area contributed by atoms with E-state index in [1.54, 1.807) is 11.3 Å². The van der Waals surface area contributed by atoms with Gasteiger partial charge in [-0.3, -0.25) is 0 Å². The summed E-state index contributed by atoms with van der Waals surface area (Å²) >= 11 is 1.58. The zero-order valence-electron chi connectivity index (χ0n) is 12.3. The first-order valence-corrected chi connectivity index (χ1v) is 7.80. The predicted octanol–water partition coefficient (Wildman–Crippen LogP) is 3.20. The highest BCUT2D eigenvalue weighted by Crippen LogP contribution is 2.30. The highest BCUT2D eigenvalue weighted by Gasteiger charge is 2.43. The topological polar surface area (TPSA) is 42.2 Å². The normalized spacial score (nSPS) is 20.5. The maximum atomic E-state index is 9.10. The van der Waals surface area contributed by atoms with Crippen molar-refractivity contribution in [2.24, 2.45) is 0 Å². The minimum absolute atomic E-state index is 0.0599. The van der Waals surface area contributed by atoms with Crippen molar-refractivity contribution in [3.05, 3.63) is 41.3 Å². The van der Waals surface area contributed by atoms with E-state index < -0.39 is 0 Å². The van der Waals surface area contributed by atoms with Gasteiger partial charge in [0.05, 0.1) is 22.1 Å². The molecule has 0 N–H and O–H groups in total. The van der Waals surface area contributed by atoms with Gasteiger partial charge in [-0.2, -0.15) is 5.26 Å². The zero-order valence-corrected chi connectivity index (χ0v) is 13.1. The van der Waals surface area contributed by atoms with Crippen LogP contribution in [0.2, 0.25) is 0 Å². The van der Waals surface area contributed by atoms with Gasteiger partial charge in [0.2, 0.25) is 0 Å². The van der Waals surface area contributed by atoms with Gasteiger partial charge in [-0.15, -0.1) is 11.3 Å². The average Bonchev–Trinajstić information content (AvgIpc) is 3.04. The molecule has 3 rings (SSSR count). The van der Waals surface area contributed by atoms with E-state index in [0.717, 1.165) is 21.5 Å². The molecule has 0 spiro atoms. The van der Waals surface area contributed by atoms with Crippen molar-refractivity contribution in [1.82, 2.24) is 0 Å². The molecular formula is C16H16BNO2S. The van der Waals surface area contributed by atoms with Crippen LogP contribution in [-0.4, -0.2) is 18.8 Å². The lowest BCUT2D eigenvalue weighted by Gasteiger charge is -2.21. The van der Waals surface area contributed by atoms with Crippen molar-refractivity contribution < 1.29 is 9.31 Å². The van der Waals surface area contributed by atoms with E-state index in [9.17, 15) is 0 Å². The number of hydrogen-bond donors (Lipinski definition) is 0. The van der Waals surface area contributed by atoms with Crippen LogP contribution in [0.3, 0.4) is 0 Å². The van der Waals surface area contributed by atoms with Gasteiger partial charge in [0.1, 0.15) is 6.07 Å². The maximum absolute atomic E-state index is 9.10. The third-order valence-electron chi connectivity index (χ3n) is 3.95. The summed E-state index contributed by atoms with van der Waals surface area (Å²) in [5, 5.41) is 11.0. The number of thiophene rings is 1.